The molecule has 2 rings (SSSR count). The van der Waals surface area contributed by atoms with Gasteiger partial charge in [-0.1, -0.05) is 0 Å². The molecule has 1 unspecified atom stereocenters. The molecule has 0 radical (unpaired) electrons. The van der Waals surface area contributed by atoms with Crippen molar-refractivity contribution < 1.29 is 5.11 Å². The van der Waals surface area contributed by atoms with Crippen molar-refractivity contribution in [2.24, 2.45) is 7.05 Å². The molecule has 1 atom stereocenters. The first kappa shape index (κ1) is 9.79. The largest absolute Gasteiger partial charge is 0.380 e. The molecule has 0 aromatic carbocycles. The van der Waals surface area contributed by atoms with Crippen LogP contribution in [0.1, 0.15) is 23.2 Å². The fourth-order valence-corrected chi connectivity index (χ4v) is 1.27. The second-order valence-electron chi connectivity index (χ2n) is 3.40. The third kappa shape index (κ3) is 2.02. The van der Waals surface area contributed by atoms with E-state index in [1.807, 2.05) is 6.92 Å². The zero-order valence-electron chi connectivity index (χ0n) is 8.62. The number of aromatic nitrogens is 4. The van der Waals surface area contributed by atoms with E-state index in [9.17, 15) is 5.11 Å². The van der Waals surface area contributed by atoms with Crippen LogP contribution in [0.25, 0.3) is 0 Å². The van der Waals surface area contributed by atoms with E-state index in [-0.39, 0.29) is 0 Å². The normalized spacial score (nSPS) is 12.7. The molecule has 2 heterocycles. The highest BCUT2D eigenvalue weighted by atomic mass is 16.3. The van der Waals surface area contributed by atoms with Crippen molar-refractivity contribution in [3.05, 3.63) is 41.7 Å². The minimum atomic E-state index is -0.806. The molecule has 0 spiro atoms. The van der Waals surface area contributed by atoms with Crippen LogP contribution in [0, 0.1) is 6.92 Å². The van der Waals surface area contributed by atoms with Crippen LogP contribution in [-0.4, -0.2) is 24.9 Å². The van der Waals surface area contributed by atoms with E-state index >= 15 is 0 Å². The monoisotopic (exact) mass is 204 g/mol. The maximum Gasteiger partial charge on any atom is 0.141 e. The lowest BCUT2D eigenvalue weighted by atomic mass is 10.2. The van der Waals surface area contributed by atoms with Crippen LogP contribution in [0.4, 0.5) is 0 Å². The molecular weight excluding hydrogens is 192 g/mol. The van der Waals surface area contributed by atoms with Gasteiger partial charge in [0.25, 0.3) is 0 Å². The number of aliphatic hydroxyl groups is 1. The summed E-state index contributed by atoms with van der Waals surface area (Å²) in [7, 11) is 1.80. The van der Waals surface area contributed by atoms with Crippen molar-refractivity contribution in [1.82, 2.24) is 19.7 Å². The van der Waals surface area contributed by atoms with Crippen molar-refractivity contribution in [1.29, 1.82) is 0 Å². The van der Waals surface area contributed by atoms with Gasteiger partial charge in [-0.05, 0) is 13.0 Å². The van der Waals surface area contributed by atoms with Crippen molar-refractivity contribution in [2.75, 3.05) is 0 Å². The van der Waals surface area contributed by atoms with Gasteiger partial charge in [-0.15, -0.1) is 0 Å². The number of hydrogen-bond acceptors (Lipinski definition) is 4. The van der Waals surface area contributed by atoms with E-state index in [1.165, 1.54) is 0 Å². The maximum absolute atomic E-state index is 9.92. The quantitative estimate of drug-likeness (QED) is 0.778. The molecule has 15 heavy (non-hydrogen) atoms. The average molecular weight is 204 g/mol. The third-order valence-corrected chi connectivity index (χ3v) is 2.10. The zero-order chi connectivity index (χ0) is 10.8. The topological polar surface area (TPSA) is 63.8 Å². The molecule has 0 fully saturated rings. The third-order valence-electron chi connectivity index (χ3n) is 2.10. The lowest BCUT2D eigenvalue weighted by molar-refractivity contribution is 0.209. The minimum Gasteiger partial charge on any atom is -0.380 e. The van der Waals surface area contributed by atoms with Crippen molar-refractivity contribution in [2.45, 2.75) is 13.0 Å². The number of aliphatic hydroxyl groups excluding tert-OH is 1. The molecule has 0 amide bonds. The van der Waals surface area contributed by atoms with Crippen LogP contribution >= 0.6 is 0 Å². The molecule has 0 aliphatic heterocycles. The zero-order valence-corrected chi connectivity index (χ0v) is 8.62. The smallest absolute Gasteiger partial charge is 0.141 e. The molecule has 2 aromatic rings. The maximum atomic E-state index is 9.92. The summed E-state index contributed by atoms with van der Waals surface area (Å²) in [5.41, 5.74) is 1.92. The van der Waals surface area contributed by atoms with Gasteiger partial charge >= 0.3 is 0 Å². The molecule has 2 aromatic heterocycles. The molecule has 0 saturated carbocycles. The van der Waals surface area contributed by atoms with Crippen LogP contribution < -0.4 is 0 Å². The molecule has 1 N–H and O–H groups in total. The van der Waals surface area contributed by atoms with E-state index in [0.29, 0.717) is 11.4 Å². The van der Waals surface area contributed by atoms with Gasteiger partial charge in [0.2, 0.25) is 0 Å². The van der Waals surface area contributed by atoms with Gasteiger partial charge in [0, 0.05) is 19.4 Å². The number of rotatable bonds is 2. The molecule has 78 valence electrons. The summed E-state index contributed by atoms with van der Waals surface area (Å²) in [5, 5.41) is 14.0. The first-order valence-corrected chi connectivity index (χ1v) is 4.63. The predicted molar refractivity (Wildman–Crippen MR) is 54.0 cm³/mol. The number of nitrogens with zero attached hydrogens (tertiary/aromatic N) is 4. The fraction of sp³-hybridized carbons (Fsp3) is 0.300. The first-order chi connectivity index (χ1) is 7.16. The van der Waals surface area contributed by atoms with Gasteiger partial charge in [0.1, 0.15) is 6.10 Å². The Kier molecular flexibility index (Phi) is 2.47. The Labute approximate surface area is 87.4 Å². The lowest BCUT2D eigenvalue weighted by Crippen LogP contribution is -2.05. The number of aryl methyl sites for hydroxylation is 2. The summed E-state index contributed by atoms with van der Waals surface area (Å²) in [5.74, 6) is 0. The van der Waals surface area contributed by atoms with Gasteiger partial charge in [0.15, 0.2) is 0 Å². The highest BCUT2D eigenvalue weighted by Crippen LogP contribution is 2.16. The summed E-state index contributed by atoms with van der Waals surface area (Å²) >= 11 is 0. The molecule has 0 saturated heterocycles. The van der Waals surface area contributed by atoms with Crippen molar-refractivity contribution >= 4 is 0 Å². The predicted octanol–water partition coefficient (Wildman–Crippen LogP) is 0.600. The van der Waals surface area contributed by atoms with Crippen LogP contribution in [0.3, 0.4) is 0 Å². The van der Waals surface area contributed by atoms with Crippen molar-refractivity contribution in [3.63, 3.8) is 0 Å². The molecular formula is C10H12N4O. The fourth-order valence-electron chi connectivity index (χ4n) is 1.27. The molecule has 5 nitrogen and oxygen atoms in total. The molecule has 0 aliphatic rings. The Morgan fingerprint density at radius 1 is 1.27 bits per heavy atom. The Balaban J connectivity index is 2.28. The number of hydrogen-bond donors (Lipinski definition) is 1. The van der Waals surface area contributed by atoms with Gasteiger partial charge in [-0.25, -0.2) is 0 Å². The van der Waals surface area contributed by atoms with E-state index in [1.54, 1.807) is 36.4 Å². The molecule has 0 bridgehead atoms. The second kappa shape index (κ2) is 3.78. The Bertz CT molecular complexity index is 449. The second-order valence-corrected chi connectivity index (χ2v) is 3.40. The van der Waals surface area contributed by atoms with E-state index in [4.69, 9.17) is 0 Å². The van der Waals surface area contributed by atoms with Crippen LogP contribution in [0.2, 0.25) is 0 Å². The highest BCUT2D eigenvalue weighted by molar-refractivity contribution is 5.16. The average Bonchev–Trinajstić information content (AvgIpc) is 2.65. The summed E-state index contributed by atoms with van der Waals surface area (Å²) in [6, 6.07) is 1.76. The van der Waals surface area contributed by atoms with Crippen LogP contribution in [-0.2, 0) is 7.05 Å². The van der Waals surface area contributed by atoms with Gasteiger partial charge in [-0.2, -0.15) is 5.10 Å². The van der Waals surface area contributed by atoms with E-state index < -0.39 is 6.10 Å². The highest BCUT2D eigenvalue weighted by Gasteiger charge is 2.14. The molecule has 5 heteroatoms. The van der Waals surface area contributed by atoms with E-state index in [0.717, 1.165) is 5.69 Å². The van der Waals surface area contributed by atoms with Gasteiger partial charge in [0.05, 0.1) is 23.3 Å². The van der Waals surface area contributed by atoms with Gasteiger partial charge in [-0.3, -0.25) is 14.6 Å². The first-order valence-electron chi connectivity index (χ1n) is 4.63. The lowest BCUT2D eigenvalue weighted by Gasteiger charge is -2.06. The summed E-state index contributed by atoms with van der Waals surface area (Å²) < 4.78 is 1.64. The summed E-state index contributed by atoms with van der Waals surface area (Å²) in [6.07, 6.45) is 4.16. The minimum absolute atomic E-state index is 0.513. The SMILES string of the molecule is Cc1cnc(C(O)c2ccn(C)n2)cn1. The van der Waals surface area contributed by atoms with Crippen LogP contribution in [0.5, 0.6) is 0 Å². The Morgan fingerprint density at radius 3 is 2.60 bits per heavy atom. The van der Waals surface area contributed by atoms with Gasteiger partial charge < -0.3 is 5.11 Å². The standard InChI is InChI=1S/C10H12N4O/c1-7-5-12-9(6-11-7)10(15)8-3-4-14(2)13-8/h3-6,10,15H,1-2H3. The summed E-state index contributed by atoms with van der Waals surface area (Å²) in [4.78, 5) is 8.18. The summed E-state index contributed by atoms with van der Waals surface area (Å²) in [6.45, 7) is 1.85. The van der Waals surface area contributed by atoms with E-state index in [2.05, 4.69) is 15.1 Å². The molecule has 0 aliphatic carbocycles. The van der Waals surface area contributed by atoms with Crippen LogP contribution in [0.15, 0.2) is 24.7 Å². The Hall–Kier alpha value is -1.75. The van der Waals surface area contributed by atoms with Crippen molar-refractivity contribution in [3.8, 4) is 0 Å². The Morgan fingerprint density at radius 2 is 2.07 bits per heavy atom.